The fourth-order valence-electron chi connectivity index (χ4n) is 3.92. The summed E-state index contributed by atoms with van der Waals surface area (Å²) in [5.74, 6) is -1.01. The Bertz CT molecular complexity index is 1220. The van der Waals surface area contributed by atoms with E-state index < -0.39 is 23.5 Å². The normalized spacial score (nSPS) is 15.8. The zero-order valence-electron chi connectivity index (χ0n) is 16.7. The van der Waals surface area contributed by atoms with Crippen LogP contribution in [0, 0.1) is 5.82 Å². The Hall–Kier alpha value is -3.27. The number of hydrogen-bond acceptors (Lipinski definition) is 5. The first-order chi connectivity index (χ1) is 15.2. The van der Waals surface area contributed by atoms with Crippen LogP contribution < -0.4 is 5.73 Å². The molecule has 1 aliphatic carbocycles. The average molecular weight is 446 g/mol. The first-order valence-corrected chi connectivity index (χ1v) is 10.0. The molecule has 1 amide bonds. The van der Waals surface area contributed by atoms with Crippen molar-refractivity contribution < 1.29 is 27.1 Å². The maximum Gasteiger partial charge on any atom is 0.417 e. The van der Waals surface area contributed by atoms with Gasteiger partial charge in [-0.2, -0.15) is 13.2 Å². The molecule has 0 unspecified atom stereocenters. The van der Waals surface area contributed by atoms with E-state index in [-0.39, 0.29) is 24.0 Å². The van der Waals surface area contributed by atoms with Gasteiger partial charge < -0.3 is 15.4 Å². The summed E-state index contributed by atoms with van der Waals surface area (Å²) in [6.45, 7) is 0.582. The van der Waals surface area contributed by atoms with E-state index in [4.69, 9.17) is 10.5 Å². The fraction of sp³-hybridized carbons (Fsp3) is 0.318. The van der Waals surface area contributed by atoms with E-state index in [1.807, 2.05) is 0 Å². The molecule has 0 atom stereocenters. The van der Waals surface area contributed by atoms with E-state index in [1.54, 1.807) is 0 Å². The lowest BCUT2D eigenvalue weighted by molar-refractivity contribution is -0.137. The second-order valence-corrected chi connectivity index (χ2v) is 8.00. The fourth-order valence-corrected chi connectivity index (χ4v) is 3.92. The molecule has 2 aliphatic rings. The van der Waals surface area contributed by atoms with Gasteiger partial charge in [0.15, 0.2) is 0 Å². The molecule has 6 nitrogen and oxygen atoms in total. The maximum absolute atomic E-state index is 14.9. The molecular formula is C22H18F4N4O2. The molecule has 5 rings (SSSR count). The van der Waals surface area contributed by atoms with E-state index in [2.05, 4.69) is 9.97 Å². The van der Waals surface area contributed by atoms with E-state index in [0.29, 0.717) is 29.8 Å². The summed E-state index contributed by atoms with van der Waals surface area (Å²) in [5.41, 5.74) is 7.09. The van der Waals surface area contributed by atoms with E-state index in [1.165, 1.54) is 23.1 Å². The Balaban J connectivity index is 1.48. The van der Waals surface area contributed by atoms with Crippen molar-refractivity contribution >= 4 is 22.6 Å². The molecular weight excluding hydrogens is 428 g/mol. The minimum absolute atomic E-state index is 0.0136. The predicted molar refractivity (Wildman–Crippen MR) is 107 cm³/mol. The number of rotatable bonds is 4. The second-order valence-electron chi connectivity index (χ2n) is 8.00. The van der Waals surface area contributed by atoms with Crippen LogP contribution in [0.15, 0.2) is 30.5 Å². The Morgan fingerprint density at radius 1 is 1.19 bits per heavy atom. The van der Waals surface area contributed by atoms with Crippen molar-refractivity contribution in [3.63, 3.8) is 0 Å². The van der Waals surface area contributed by atoms with Gasteiger partial charge >= 0.3 is 6.18 Å². The molecule has 1 aromatic carbocycles. The lowest BCUT2D eigenvalue weighted by Crippen LogP contribution is -2.33. The molecule has 166 valence electrons. The third kappa shape index (κ3) is 3.64. The van der Waals surface area contributed by atoms with Crippen molar-refractivity contribution in [1.29, 1.82) is 0 Å². The topological polar surface area (TPSA) is 81.3 Å². The van der Waals surface area contributed by atoms with Gasteiger partial charge in [0.2, 0.25) is 0 Å². The van der Waals surface area contributed by atoms with E-state index in [9.17, 15) is 22.4 Å². The lowest BCUT2D eigenvalue weighted by atomic mass is 10.0. The number of pyridine rings is 2. The summed E-state index contributed by atoms with van der Waals surface area (Å²) in [5, 5.41) is 0.597. The number of nitrogens with two attached hydrogens (primary N) is 1. The van der Waals surface area contributed by atoms with Crippen molar-refractivity contribution in [1.82, 2.24) is 14.9 Å². The third-order valence-corrected chi connectivity index (χ3v) is 5.78. The van der Waals surface area contributed by atoms with Crippen LogP contribution in [0.25, 0.3) is 10.9 Å². The van der Waals surface area contributed by atoms with Gasteiger partial charge in [0, 0.05) is 29.3 Å². The number of carbonyl (C=O) groups is 1. The standard InChI is InChI=1S/C22H18F4N4O2/c23-18-6-19-14(16-9-32-10-17(16)20(27)29-19)5-15(18)21(31)30(13-3-4-13)8-12-2-1-11(7-28-12)22(24,25)26/h1-2,5-7,13H,3-4,8-10H2,(H2,27,29). The van der Waals surface area contributed by atoms with Crippen LogP contribution in [-0.2, 0) is 30.7 Å². The summed E-state index contributed by atoms with van der Waals surface area (Å²) in [7, 11) is 0. The van der Waals surface area contributed by atoms with Crippen LogP contribution >= 0.6 is 0 Å². The number of amides is 1. The Morgan fingerprint density at radius 3 is 2.59 bits per heavy atom. The van der Waals surface area contributed by atoms with Crippen LogP contribution in [0.2, 0.25) is 0 Å². The average Bonchev–Trinajstić information content (AvgIpc) is 3.46. The molecule has 1 aliphatic heterocycles. The number of hydrogen-bond donors (Lipinski definition) is 1. The van der Waals surface area contributed by atoms with E-state index in [0.717, 1.165) is 36.2 Å². The lowest BCUT2D eigenvalue weighted by Gasteiger charge is -2.23. The molecule has 0 spiro atoms. The number of aromatic nitrogens is 2. The number of nitrogens with zero attached hydrogens (tertiary/aromatic N) is 3. The first-order valence-electron chi connectivity index (χ1n) is 10.0. The number of benzene rings is 1. The summed E-state index contributed by atoms with van der Waals surface area (Å²) in [6, 6.07) is 4.69. The number of alkyl halides is 3. The van der Waals surface area contributed by atoms with Crippen molar-refractivity contribution in [3.05, 3.63) is 64.2 Å². The second kappa shape index (κ2) is 7.40. The number of halogens is 4. The quantitative estimate of drug-likeness (QED) is 0.608. The number of ether oxygens (including phenoxy) is 1. The molecule has 0 radical (unpaired) electrons. The van der Waals surface area contributed by atoms with Crippen LogP contribution in [0.1, 0.15) is 45.6 Å². The molecule has 0 saturated heterocycles. The highest BCUT2D eigenvalue weighted by Gasteiger charge is 2.35. The maximum atomic E-state index is 14.9. The molecule has 10 heteroatoms. The molecule has 2 N–H and O–H groups in total. The smallest absolute Gasteiger partial charge is 0.383 e. The first kappa shape index (κ1) is 20.6. The van der Waals surface area contributed by atoms with Gasteiger partial charge in [0.1, 0.15) is 11.6 Å². The molecule has 3 heterocycles. The van der Waals surface area contributed by atoms with Crippen LogP contribution in [0.3, 0.4) is 0 Å². The zero-order chi connectivity index (χ0) is 22.6. The van der Waals surface area contributed by atoms with Gasteiger partial charge in [0.05, 0.1) is 42.1 Å². The van der Waals surface area contributed by atoms with Crippen LogP contribution in [-0.4, -0.2) is 26.8 Å². The molecule has 0 bridgehead atoms. The molecule has 3 aromatic rings. The minimum Gasteiger partial charge on any atom is -0.383 e. The summed E-state index contributed by atoms with van der Waals surface area (Å²) in [4.78, 5) is 22.8. The predicted octanol–water partition coefficient (Wildman–Crippen LogP) is 4.20. The van der Waals surface area contributed by atoms with Crippen LogP contribution in [0.4, 0.5) is 23.4 Å². The number of nitrogen functional groups attached to an aromatic ring is 1. The van der Waals surface area contributed by atoms with Crippen molar-refractivity contribution in [2.45, 2.75) is 44.8 Å². The molecule has 1 fully saturated rings. The monoisotopic (exact) mass is 446 g/mol. The Labute approximate surface area is 180 Å². The van der Waals surface area contributed by atoms with Crippen molar-refractivity contribution in [2.24, 2.45) is 0 Å². The summed E-state index contributed by atoms with van der Waals surface area (Å²) < 4.78 is 58.7. The SMILES string of the molecule is Nc1nc2cc(F)c(C(=O)N(Cc3ccc(C(F)(F)F)cn3)C3CC3)cc2c2c1COC2. The largest absolute Gasteiger partial charge is 0.417 e. The molecule has 32 heavy (non-hydrogen) atoms. The van der Waals surface area contributed by atoms with Gasteiger partial charge in [-0.1, -0.05) is 0 Å². The Kier molecular flexibility index (Phi) is 4.77. The highest BCUT2D eigenvalue weighted by atomic mass is 19.4. The van der Waals surface area contributed by atoms with E-state index >= 15 is 0 Å². The molecule has 2 aromatic heterocycles. The summed E-state index contributed by atoms with van der Waals surface area (Å²) in [6.07, 6.45) is -2.28. The summed E-state index contributed by atoms with van der Waals surface area (Å²) >= 11 is 0. The number of anilines is 1. The highest BCUT2D eigenvalue weighted by molar-refractivity contribution is 5.99. The van der Waals surface area contributed by atoms with Gasteiger partial charge in [-0.15, -0.1) is 0 Å². The third-order valence-electron chi connectivity index (χ3n) is 5.78. The van der Waals surface area contributed by atoms with Gasteiger partial charge in [-0.25, -0.2) is 9.37 Å². The molecule has 1 saturated carbocycles. The number of fused-ring (bicyclic) bond motifs is 3. The highest BCUT2D eigenvalue weighted by Crippen LogP contribution is 2.35. The van der Waals surface area contributed by atoms with Crippen LogP contribution in [0.5, 0.6) is 0 Å². The Morgan fingerprint density at radius 2 is 1.94 bits per heavy atom. The van der Waals surface area contributed by atoms with Crippen molar-refractivity contribution in [3.8, 4) is 0 Å². The zero-order valence-corrected chi connectivity index (χ0v) is 16.7. The van der Waals surface area contributed by atoms with Crippen molar-refractivity contribution in [2.75, 3.05) is 5.73 Å². The van der Waals surface area contributed by atoms with Gasteiger partial charge in [-0.3, -0.25) is 9.78 Å². The number of carbonyl (C=O) groups excluding carboxylic acids is 1. The van der Waals surface area contributed by atoms with Gasteiger partial charge in [0.25, 0.3) is 5.91 Å². The minimum atomic E-state index is -4.49. The van der Waals surface area contributed by atoms with Gasteiger partial charge in [-0.05, 0) is 36.6 Å².